The molecule has 0 amide bonds. The van der Waals surface area contributed by atoms with Gasteiger partial charge in [0.15, 0.2) is 0 Å². The monoisotopic (exact) mass is 524 g/mol. The zero-order valence-corrected chi connectivity index (χ0v) is 20.8. The molecule has 38 heavy (non-hydrogen) atoms. The zero-order valence-electron chi connectivity index (χ0n) is 20.8. The summed E-state index contributed by atoms with van der Waals surface area (Å²) in [7, 11) is 0. The topological polar surface area (TPSA) is 103 Å². The summed E-state index contributed by atoms with van der Waals surface area (Å²) in [6.45, 7) is 5.51. The Bertz CT molecular complexity index is 1570. The molecule has 0 radical (unpaired) electrons. The minimum absolute atomic E-state index is 0.0470. The van der Waals surface area contributed by atoms with Crippen molar-refractivity contribution in [2.24, 2.45) is 0 Å². The Balaban J connectivity index is 1.45. The van der Waals surface area contributed by atoms with Gasteiger partial charge < -0.3 is 18.6 Å². The lowest BCUT2D eigenvalue weighted by atomic mass is 10.1. The third-order valence-electron chi connectivity index (χ3n) is 6.04. The number of rotatable bonds is 5. The van der Waals surface area contributed by atoms with E-state index >= 15 is 0 Å². The number of ether oxygens (including phenoxy) is 2. The molecular formula is C27H23F3N4O4. The molecular weight excluding hydrogens is 501 g/mol. The van der Waals surface area contributed by atoms with Crippen LogP contribution >= 0.6 is 0 Å². The highest BCUT2D eigenvalue weighted by atomic mass is 19.4. The maximum atomic E-state index is 12.7. The first kappa shape index (κ1) is 25.3. The van der Waals surface area contributed by atoms with E-state index < -0.39 is 17.7 Å². The van der Waals surface area contributed by atoms with E-state index in [1.165, 1.54) is 6.07 Å². The third-order valence-corrected chi connectivity index (χ3v) is 6.04. The molecule has 4 aromatic rings. The van der Waals surface area contributed by atoms with Gasteiger partial charge in [-0.25, -0.2) is 0 Å². The van der Waals surface area contributed by atoms with Crippen LogP contribution in [0, 0.1) is 11.3 Å². The number of nitriles is 1. The van der Waals surface area contributed by atoms with E-state index in [2.05, 4.69) is 25.5 Å². The Hall–Kier alpha value is -4.33. The molecule has 11 heteroatoms. The lowest BCUT2D eigenvalue weighted by Crippen LogP contribution is -2.25. The van der Waals surface area contributed by atoms with Crippen LogP contribution < -0.4 is 4.74 Å². The lowest BCUT2D eigenvalue weighted by molar-refractivity contribution is -0.274. The Kier molecular flexibility index (Phi) is 6.13. The van der Waals surface area contributed by atoms with Crippen molar-refractivity contribution in [1.82, 2.24) is 14.7 Å². The fourth-order valence-corrected chi connectivity index (χ4v) is 4.69. The highest BCUT2D eigenvalue weighted by Gasteiger charge is 2.32. The molecule has 8 nitrogen and oxygen atoms in total. The predicted molar refractivity (Wildman–Crippen MR) is 130 cm³/mol. The van der Waals surface area contributed by atoms with Gasteiger partial charge in [-0.1, -0.05) is 17.3 Å². The summed E-state index contributed by atoms with van der Waals surface area (Å²) >= 11 is 0. The molecule has 0 spiro atoms. The minimum atomic E-state index is -4.92. The van der Waals surface area contributed by atoms with Gasteiger partial charge in [0.1, 0.15) is 11.4 Å². The number of aryl methyl sites for hydroxylation is 1. The Morgan fingerprint density at radius 2 is 1.95 bits per heavy atom. The molecule has 2 aromatic carbocycles. The molecule has 5 rings (SSSR count). The average Bonchev–Trinajstić information content (AvgIpc) is 3.52. The summed E-state index contributed by atoms with van der Waals surface area (Å²) in [5, 5.41) is 14.2. The van der Waals surface area contributed by atoms with E-state index in [0.29, 0.717) is 5.56 Å². The van der Waals surface area contributed by atoms with Crippen LogP contribution in [0.15, 0.2) is 47.0 Å². The number of hydrogen-bond donors (Lipinski definition) is 0. The SMILES string of the molecule is CC(C)(C)OC(=O)CC1CCc2cc3ccc(-c4noc(-c5cc(C#N)cc(OC(F)(F)F)c5)n4)cc3n21. The smallest absolute Gasteiger partial charge is 0.460 e. The zero-order chi connectivity index (χ0) is 27.2. The molecule has 0 saturated heterocycles. The van der Waals surface area contributed by atoms with Crippen LogP contribution in [-0.2, 0) is 16.0 Å². The number of carbonyl (C=O) groups excluding carboxylic acids is 1. The maximum Gasteiger partial charge on any atom is 0.573 e. The van der Waals surface area contributed by atoms with Crippen LogP contribution in [0.1, 0.15) is 50.9 Å². The largest absolute Gasteiger partial charge is 0.573 e. The number of aromatic nitrogens is 3. The third kappa shape index (κ3) is 5.34. The molecule has 1 atom stereocenters. The van der Waals surface area contributed by atoms with Gasteiger partial charge in [-0.05, 0) is 69.3 Å². The van der Waals surface area contributed by atoms with Crippen molar-refractivity contribution < 1.29 is 32.0 Å². The normalized spacial score (nSPS) is 15.3. The summed E-state index contributed by atoms with van der Waals surface area (Å²) in [5.41, 5.74) is 2.14. The van der Waals surface area contributed by atoms with Gasteiger partial charge in [-0.3, -0.25) is 4.79 Å². The Morgan fingerprint density at radius 1 is 1.16 bits per heavy atom. The second-order valence-electron chi connectivity index (χ2n) is 10.1. The molecule has 0 aliphatic carbocycles. The number of carbonyl (C=O) groups is 1. The number of benzene rings is 2. The Morgan fingerprint density at radius 3 is 2.66 bits per heavy atom. The van der Waals surface area contributed by atoms with E-state index in [4.69, 9.17) is 9.26 Å². The first-order valence-electron chi connectivity index (χ1n) is 11.9. The molecule has 0 N–H and O–H groups in total. The average molecular weight is 524 g/mol. The van der Waals surface area contributed by atoms with Crippen molar-refractivity contribution in [2.75, 3.05) is 0 Å². The molecule has 1 aliphatic heterocycles. The van der Waals surface area contributed by atoms with Crippen molar-refractivity contribution in [1.29, 1.82) is 5.26 Å². The standard InChI is InChI=1S/C27H23F3N4O4/c1-26(2,3)37-23(35)13-20-7-6-19-10-16-4-5-17(12-22(16)34(19)20)24-32-25(38-33-24)18-8-15(14-31)9-21(11-18)36-27(28,29)30/h4-5,8-12,20H,6-7,13H2,1-3H3. The number of alkyl halides is 3. The highest BCUT2D eigenvalue weighted by molar-refractivity contribution is 5.86. The van der Waals surface area contributed by atoms with Crippen molar-refractivity contribution in [3.63, 3.8) is 0 Å². The summed E-state index contributed by atoms with van der Waals surface area (Å²) in [6, 6.07) is 12.9. The van der Waals surface area contributed by atoms with Crippen LogP contribution in [0.5, 0.6) is 5.75 Å². The number of esters is 1. The molecule has 1 aliphatic rings. The fraction of sp³-hybridized carbons (Fsp3) is 0.333. The molecule has 0 bridgehead atoms. The minimum Gasteiger partial charge on any atom is -0.460 e. The number of halogens is 3. The van der Waals surface area contributed by atoms with Gasteiger partial charge in [-0.15, -0.1) is 13.2 Å². The van der Waals surface area contributed by atoms with Crippen molar-refractivity contribution in [3.05, 3.63) is 53.7 Å². The summed E-state index contributed by atoms with van der Waals surface area (Å²) in [4.78, 5) is 16.8. The molecule has 3 heterocycles. The molecule has 2 aromatic heterocycles. The molecule has 196 valence electrons. The van der Waals surface area contributed by atoms with Crippen LogP contribution in [0.2, 0.25) is 0 Å². The quantitative estimate of drug-likeness (QED) is 0.280. The Labute approximate surface area is 215 Å². The van der Waals surface area contributed by atoms with E-state index in [-0.39, 0.29) is 41.3 Å². The first-order chi connectivity index (χ1) is 17.9. The number of hydrogen-bond acceptors (Lipinski definition) is 7. The van der Waals surface area contributed by atoms with Crippen LogP contribution in [0.3, 0.4) is 0 Å². The van der Waals surface area contributed by atoms with Crippen LogP contribution in [0.25, 0.3) is 33.7 Å². The van der Waals surface area contributed by atoms with Crippen LogP contribution in [0.4, 0.5) is 13.2 Å². The van der Waals surface area contributed by atoms with E-state index in [9.17, 15) is 23.2 Å². The number of nitrogens with zero attached hydrogens (tertiary/aromatic N) is 4. The van der Waals surface area contributed by atoms with Crippen molar-refractivity contribution >= 4 is 16.9 Å². The molecule has 1 unspecified atom stereocenters. The van der Waals surface area contributed by atoms with Gasteiger partial charge in [0.2, 0.25) is 5.82 Å². The van der Waals surface area contributed by atoms with Crippen LogP contribution in [-0.4, -0.2) is 32.6 Å². The first-order valence-corrected chi connectivity index (χ1v) is 11.9. The molecule has 0 saturated carbocycles. The van der Waals surface area contributed by atoms with Gasteiger partial charge in [0, 0.05) is 28.4 Å². The van der Waals surface area contributed by atoms with Gasteiger partial charge >= 0.3 is 12.3 Å². The predicted octanol–water partition coefficient (Wildman–Crippen LogP) is 6.35. The fourth-order valence-electron chi connectivity index (χ4n) is 4.69. The van der Waals surface area contributed by atoms with Gasteiger partial charge in [-0.2, -0.15) is 10.2 Å². The van der Waals surface area contributed by atoms with Crippen molar-refractivity contribution in [3.8, 4) is 34.7 Å². The number of fused-ring (bicyclic) bond motifs is 3. The van der Waals surface area contributed by atoms with E-state index in [1.54, 1.807) is 6.07 Å². The van der Waals surface area contributed by atoms with Gasteiger partial charge in [0.05, 0.1) is 18.1 Å². The summed E-state index contributed by atoms with van der Waals surface area (Å²) in [5.74, 6) is -0.663. The maximum absolute atomic E-state index is 12.7. The van der Waals surface area contributed by atoms with E-state index in [1.807, 2.05) is 39.0 Å². The van der Waals surface area contributed by atoms with E-state index in [0.717, 1.165) is 41.6 Å². The second-order valence-corrected chi connectivity index (χ2v) is 10.1. The second kappa shape index (κ2) is 9.20. The molecule has 0 fully saturated rings. The van der Waals surface area contributed by atoms with Crippen molar-refractivity contribution in [2.45, 2.75) is 58.0 Å². The van der Waals surface area contributed by atoms with Gasteiger partial charge in [0.25, 0.3) is 5.89 Å². The highest BCUT2D eigenvalue weighted by Crippen LogP contribution is 2.37. The lowest BCUT2D eigenvalue weighted by Gasteiger charge is -2.22. The summed E-state index contributed by atoms with van der Waals surface area (Å²) in [6.07, 6.45) is -3.01. The summed E-state index contributed by atoms with van der Waals surface area (Å²) < 4.78 is 55.1.